The molecule has 4 aromatic rings. The molecule has 3 aromatic heterocycles. The van der Waals surface area contributed by atoms with Gasteiger partial charge in [0.05, 0.1) is 34.7 Å². The average molecular weight is 435 g/mol. The Balaban J connectivity index is 1.51. The van der Waals surface area contributed by atoms with E-state index in [2.05, 4.69) is 15.2 Å². The maximum absolute atomic E-state index is 12.6. The maximum atomic E-state index is 12.6. The normalized spacial score (nSPS) is 15.5. The van der Waals surface area contributed by atoms with Crippen molar-refractivity contribution in [3.8, 4) is 5.69 Å². The summed E-state index contributed by atoms with van der Waals surface area (Å²) in [6, 6.07) is 7.31. The first-order valence-electron chi connectivity index (χ1n) is 10.7. The molecule has 32 heavy (non-hydrogen) atoms. The molecule has 10 heteroatoms. The molecule has 0 atom stereocenters. The zero-order valence-electron chi connectivity index (χ0n) is 18.3. The number of nitrogens with zero attached hydrogens (tertiary/aromatic N) is 6. The second-order valence-corrected chi connectivity index (χ2v) is 9.05. The molecule has 1 N–H and O–H groups in total. The Labute approximate surface area is 183 Å². The summed E-state index contributed by atoms with van der Waals surface area (Å²) in [6.07, 6.45) is 4.37. The molecule has 0 radical (unpaired) electrons. The van der Waals surface area contributed by atoms with Crippen LogP contribution in [0.2, 0.25) is 0 Å². The van der Waals surface area contributed by atoms with Gasteiger partial charge in [-0.15, -0.1) is 0 Å². The van der Waals surface area contributed by atoms with Crippen molar-refractivity contribution in [2.24, 2.45) is 0 Å². The molecule has 1 aromatic carbocycles. The SMILES string of the molecule is CC(C)(C)OC(=O)N1CCC(c2cc(=O)[nH]c3c4c(-n5nccn5)cccc4nn23)CC1. The first-order valence-corrected chi connectivity index (χ1v) is 10.7. The van der Waals surface area contributed by atoms with Gasteiger partial charge in [0.1, 0.15) is 11.2 Å². The van der Waals surface area contributed by atoms with Gasteiger partial charge in [-0.2, -0.15) is 20.1 Å². The zero-order valence-corrected chi connectivity index (χ0v) is 18.3. The number of carbonyl (C=O) groups excluding carboxylic acids is 1. The van der Waals surface area contributed by atoms with Gasteiger partial charge in [0.2, 0.25) is 0 Å². The van der Waals surface area contributed by atoms with Gasteiger partial charge in [0.25, 0.3) is 5.56 Å². The van der Waals surface area contributed by atoms with Crippen molar-refractivity contribution in [3.05, 3.63) is 52.7 Å². The summed E-state index contributed by atoms with van der Waals surface area (Å²) in [4.78, 5) is 31.2. The smallest absolute Gasteiger partial charge is 0.410 e. The van der Waals surface area contributed by atoms with Gasteiger partial charge in [0, 0.05) is 25.1 Å². The van der Waals surface area contributed by atoms with Crippen LogP contribution in [0.25, 0.3) is 22.2 Å². The van der Waals surface area contributed by atoms with E-state index in [0.717, 1.165) is 35.1 Å². The number of rotatable bonds is 2. The van der Waals surface area contributed by atoms with Gasteiger partial charge in [-0.1, -0.05) is 6.07 Å². The van der Waals surface area contributed by atoms with E-state index in [1.165, 1.54) is 4.80 Å². The van der Waals surface area contributed by atoms with E-state index in [-0.39, 0.29) is 17.6 Å². The lowest BCUT2D eigenvalue weighted by atomic mass is 9.93. The molecule has 1 amide bonds. The highest BCUT2D eigenvalue weighted by Crippen LogP contribution is 2.31. The molecule has 1 aliphatic heterocycles. The fraction of sp³-hybridized carbons (Fsp3) is 0.409. The summed E-state index contributed by atoms with van der Waals surface area (Å²) >= 11 is 0. The quantitative estimate of drug-likeness (QED) is 0.518. The topological polar surface area (TPSA) is 110 Å². The molecule has 1 aliphatic rings. The summed E-state index contributed by atoms with van der Waals surface area (Å²) in [5.41, 5.74) is 2.23. The summed E-state index contributed by atoms with van der Waals surface area (Å²) < 4.78 is 7.31. The van der Waals surface area contributed by atoms with Crippen LogP contribution >= 0.6 is 0 Å². The molecule has 1 fully saturated rings. The highest BCUT2D eigenvalue weighted by Gasteiger charge is 2.29. The average Bonchev–Trinajstić information content (AvgIpc) is 3.40. The van der Waals surface area contributed by atoms with E-state index in [4.69, 9.17) is 9.84 Å². The van der Waals surface area contributed by atoms with Crippen molar-refractivity contribution < 1.29 is 9.53 Å². The number of amides is 1. The minimum Gasteiger partial charge on any atom is -0.444 e. The molecule has 4 heterocycles. The van der Waals surface area contributed by atoms with Gasteiger partial charge >= 0.3 is 6.09 Å². The Kier molecular flexibility index (Phi) is 4.72. The van der Waals surface area contributed by atoms with Crippen LogP contribution < -0.4 is 5.56 Å². The third-order valence-corrected chi connectivity index (χ3v) is 5.64. The number of aromatic nitrogens is 6. The number of hydrogen-bond acceptors (Lipinski definition) is 6. The number of hydrogen-bond donors (Lipinski definition) is 1. The summed E-state index contributed by atoms with van der Waals surface area (Å²) in [6.45, 7) is 6.72. The van der Waals surface area contributed by atoms with Crippen molar-refractivity contribution in [1.82, 2.24) is 34.5 Å². The first kappa shape index (κ1) is 20.2. The predicted octanol–water partition coefficient (Wildman–Crippen LogP) is 2.87. The van der Waals surface area contributed by atoms with Crippen LogP contribution in [0.4, 0.5) is 4.79 Å². The highest BCUT2D eigenvalue weighted by atomic mass is 16.6. The summed E-state index contributed by atoms with van der Waals surface area (Å²) in [7, 11) is 0. The third kappa shape index (κ3) is 3.61. The van der Waals surface area contributed by atoms with E-state index in [0.29, 0.717) is 18.7 Å². The van der Waals surface area contributed by atoms with E-state index >= 15 is 0 Å². The minimum absolute atomic E-state index is 0.0964. The Morgan fingerprint density at radius 1 is 1.16 bits per heavy atom. The number of nitrogens with one attached hydrogen (secondary N) is 1. The van der Waals surface area contributed by atoms with Crippen molar-refractivity contribution in [1.29, 1.82) is 0 Å². The van der Waals surface area contributed by atoms with Crippen LogP contribution in [-0.4, -0.2) is 59.3 Å². The molecular formula is C22H25N7O3. The number of fused-ring (bicyclic) bond motifs is 3. The number of ether oxygens (including phenoxy) is 1. The van der Waals surface area contributed by atoms with Crippen LogP contribution in [0.3, 0.4) is 0 Å². The summed E-state index contributed by atoms with van der Waals surface area (Å²) in [5.74, 6) is 0.0964. The Morgan fingerprint density at radius 2 is 1.88 bits per heavy atom. The fourth-order valence-corrected chi connectivity index (χ4v) is 4.25. The number of H-pyrrole nitrogens is 1. The van der Waals surface area contributed by atoms with Gasteiger partial charge < -0.3 is 14.6 Å². The number of carbonyl (C=O) groups is 1. The Morgan fingerprint density at radius 3 is 2.56 bits per heavy atom. The predicted molar refractivity (Wildman–Crippen MR) is 118 cm³/mol. The zero-order chi connectivity index (χ0) is 22.5. The maximum Gasteiger partial charge on any atom is 0.410 e. The Bertz CT molecular complexity index is 1340. The van der Waals surface area contributed by atoms with Gasteiger partial charge in [-0.05, 0) is 45.7 Å². The molecule has 0 aliphatic carbocycles. The summed E-state index contributed by atoms with van der Waals surface area (Å²) in [5, 5.41) is 14.0. The molecule has 0 saturated carbocycles. The molecule has 5 rings (SSSR count). The van der Waals surface area contributed by atoms with Gasteiger partial charge in [0.15, 0.2) is 0 Å². The van der Waals surface area contributed by atoms with Gasteiger partial charge in [-0.25, -0.2) is 9.31 Å². The molecule has 166 valence electrons. The van der Waals surface area contributed by atoms with E-state index in [9.17, 15) is 9.59 Å². The van der Waals surface area contributed by atoms with E-state index in [1.807, 2.05) is 43.5 Å². The fourth-order valence-electron chi connectivity index (χ4n) is 4.25. The third-order valence-electron chi connectivity index (χ3n) is 5.64. The lowest BCUT2D eigenvalue weighted by molar-refractivity contribution is 0.0203. The lowest BCUT2D eigenvalue weighted by Crippen LogP contribution is -2.41. The van der Waals surface area contributed by atoms with Crippen molar-refractivity contribution in [2.45, 2.75) is 45.1 Å². The van der Waals surface area contributed by atoms with Crippen LogP contribution in [0.1, 0.15) is 45.2 Å². The van der Waals surface area contributed by atoms with Crippen LogP contribution in [-0.2, 0) is 4.74 Å². The molecule has 0 unspecified atom stereocenters. The van der Waals surface area contributed by atoms with Crippen molar-refractivity contribution >= 4 is 22.6 Å². The Hall–Kier alpha value is -3.69. The van der Waals surface area contributed by atoms with E-state index < -0.39 is 5.60 Å². The lowest BCUT2D eigenvalue weighted by Gasteiger charge is -2.33. The minimum atomic E-state index is -0.525. The molecule has 0 spiro atoms. The van der Waals surface area contributed by atoms with Crippen LogP contribution in [0, 0.1) is 0 Å². The second kappa shape index (κ2) is 7.47. The number of piperidine rings is 1. The van der Waals surface area contributed by atoms with Crippen molar-refractivity contribution in [2.75, 3.05) is 13.1 Å². The largest absolute Gasteiger partial charge is 0.444 e. The number of aromatic amines is 1. The van der Waals surface area contributed by atoms with Gasteiger partial charge in [-0.3, -0.25) is 4.79 Å². The standard InChI is InChI=1S/C22H25N7O3/c1-22(2,3)32-21(31)27-11-7-14(8-12-27)17-13-18(30)25-20-19-15(26-28(17)20)5-4-6-16(19)29-23-9-10-24-29/h4-6,9-10,13-14H,7-8,11-12H2,1-3H3,(H,25,30). The second-order valence-electron chi connectivity index (χ2n) is 9.05. The number of likely N-dealkylation sites (tertiary alicyclic amines) is 1. The van der Waals surface area contributed by atoms with E-state index in [1.54, 1.807) is 23.4 Å². The first-order chi connectivity index (χ1) is 15.3. The molecular weight excluding hydrogens is 410 g/mol. The monoisotopic (exact) mass is 435 g/mol. The highest BCUT2D eigenvalue weighted by molar-refractivity contribution is 5.98. The van der Waals surface area contributed by atoms with Crippen LogP contribution in [0.15, 0.2) is 41.5 Å². The van der Waals surface area contributed by atoms with Crippen LogP contribution in [0.5, 0.6) is 0 Å². The number of benzene rings is 1. The molecule has 10 nitrogen and oxygen atoms in total. The molecule has 1 saturated heterocycles. The van der Waals surface area contributed by atoms with Crippen molar-refractivity contribution in [3.63, 3.8) is 0 Å². The molecule has 0 bridgehead atoms.